The van der Waals surface area contributed by atoms with E-state index in [-0.39, 0.29) is 12.8 Å². The molecule has 0 N–H and O–H groups in total. The van der Waals surface area contributed by atoms with Crippen LogP contribution in [0.5, 0.6) is 0 Å². The van der Waals surface area contributed by atoms with E-state index in [0.29, 0.717) is 8.68 Å². The van der Waals surface area contributed by atoms with Crippen LogP contribution in [-0.2, 0) is 30.8 Å². The van der Waals surface area contributed by atoms with E-state index in [1.165, 1.54) is 33.8 Å². The van der Waals surface area contributed by atoms with Gasteiger partial charge in [-0.1, -0.05) is 26.0 Å². The van der Waals surface area contributed by atoms with Gasteiger partial charge in [0, 0.05) is 0 Å². The van der Waals surface area contributed by atoms with Gasteiger partial charge in [0.2, 0.25) is 0 Å². The van der Waals surface area contributed by atoms with Gasteiger partial charge in [0.1, 0.15) is 24.1 Å². The lowest BCUT2D eigenvalue weighted by atomic mass is 10.2. The van der Waals surface area contributed by atoms with Gasteiger partial charge in [-0.25, -0.2) is 9.97 Å². The highest BCUT2D eigenvalue weighted by Gasteiger charge is 2.14. The minimum Gasteiger partial charge on any atom is -0.383 e. The van der Waals surface area contributed by atoms with Gasteiger partial charge in [-0.05, 0) is 48.2 Å². The van der Waals surface area contributed by atoms with Gasteiger partial charge in [-0.15, -0.1) is 22.7 Å². The molecule has 0 aliphatic rings. The van der Waals surface area contributed by atoms with Crippen molar-refractivity contribution in [2.45, 2.75) is 48.2 Å². The average molecular weight is 505 g/mol. The van der Waals surface area contributed by atoms with Gasteiger partial charge in [-0.3, -0.25) is 9.59 Å². The number of thiazole rings is 2. The lowest BCUT2D eigenvalue weighted by Gasteiger charge is -2.01. The van der Waals surface area contributed by atoms with Crippen LogP contribution in [0.1, 0.15) is 37.8 Å². The van der Waals surface area contributed by atoms with E-state index in [1.54, 1.807) is 0 Å². The van der Waals surface area contributed by atoms with Crippen LogP contribution in [0.4, 0.5) is 0 Å². The molecule has 0 spiro atoms. The fraction of sp³-hybridized carbons (Fsp3) is 0.273. The van der Waals surface area contributed by atoms with Crippen molar-refractivity contribution in [3.05, 3.63) is 47.5 Å². The molecule has 0 unspecified atom stereocenters. The molecule has 0 aliphatic carbocycles. The Balaban J connectivity index is 1.21. The number of aryl methyl sites for hydroxylation is 2. The average Bonchev–Trinajstić information content (AvgIpc) is 3.41. The summed E-state index contributed by atoms with van der Waals surface area (Å²) in [7, 11) is 0. The Labute approximate surface area is 202 Å². The van der Waals surface area contributed by atoms with Crippen LogP contribution < -0.4 is 0 Å². The summed E-state index contributed by atoms with van der Waals surface area (Å²) >= 11 is 4.81. The molecule has 0 saturated carbocycles. The number of rotatable bonds is 9. The fourth-order valence-electron chi connectivity index (χ4n) is 2.86. The first kappa shape index (κ1) is 23.0. The molecular formula is C22H20N2O4S4. The molecule has 4 rings (SSSR count). The maximum Gasteiger partial charge on any atom is 0.318 e. The SMILES string of the molecule is CCc1ccc2nc(SOC(=O)CCC(=O)OSc3nc4ccc(CC)cc4s3)sc2c1. The summed E-state index contributed by atoms with van der Waals surface area (Å²) in [5, 5.41) is 0. The molecule has 0 radical (unpaired) electrons. The van der Waals surface area contributed by atoms with Crippen molar-refractivity contribution in [1.29, 1.82) is 0 Å². The molecule has 0 aliphatic heterocycles. The molecular weight excluding hydrogens is 485 g/mol. The van der Waals surface area contributed by atoms with E-state index in [2.05, 4.69) is 35.9 Å². The molecule has 10 heteroatoms. The van der Waals surface area contributed by atoms with E-state index in [9.17, 15) is 9.59 Å². The van der Waals surface area contributed by atoms with Gasteiger partial charge < -0.3 is 8.37 Å². The molecule has 2 aromatic heterocycles. The molecule has 166 valence electrons. The minimum atomic E-state index is -0.488. The molecule has 0 bridgehead atoms. The van der Waals surface area contributed by atoms with Crippen molar-refractivity contribution in [2.75, 3.05) is 0 Å². The van der Waals surface area contributed by atoms with Crippen molar-refractivity contribution in [3.63, 3.8) is 0 Å². The number of aromatic nitrogens is 2. The summed E-state index contributed by atoms with van der Waals surface area (Å²) in [6.45, 7) is 4.20. The Bertz CT molecular complexity index is 1170. The first-order chi connectivity index (χ1) is 15.5. The van der Waals surface area contributed by atoms with Crippen LogP contribution in [0, 0.1) is 0 Å². The Kier molecular flexibility index (Phi) is 7.67. The zero-order chi connectivity index (χ0) is 22.5. The van der Waals surface area contributed by atoms with Crippen LogP contribution in [0.3, 0.4) is 0 Å². The second-order valence-corrected chi connectivity index (χ2v) is 10.9. The second-order valence-electron chi connectivity index (χ2n) is 6.85. The maximum absolute atomic E-state index is 12.0. The standard InChI is InChI=1S/C22H20N2O4S4/c1-3-13-5-7-15-17(11-13)29-21(23-15)31-27-19(25)9-10-20(26)28-32-22-24-16-8-6-14(4-2)12-18(16)30-22/h5-8,11-12H,3-4,9-10H2,1-2H3. The first-order valence-corrected chi connectivity index (χ1v) is 13.2. The van der Waals surface area contributed by atoms with Gasteiger partial charge in [0.25, 0.3) is 0 Å². The van der Waals surface area contributed by atoms with Gasteiger partial charge in [0.05, 0.1) is 33.3 Å². The lowest BCUT2D eigenvalue weighted by molar-refractivity contribution is -0.139. The highest BCUT2D eigenvalue weighted by molar-refractivity contribution is 7.97. The number of carbonyl (C=O) groups is 2. The number of fused-ring (bicyclic) bond motifs is 2. The summed E-state index contributed by atoms with van der Waals surface area (Å²) in [5.74, 6) is -0.977. The zero-order valence-electron chi connectivity index (χ0n) is 17.5. The third-order valence-corrected chi connectivity index (χ3v) is 8.17. The molecule has 2 heterocycles. The highest BCUT2D eigenvalue weighted by Crippen LogP contribution is 2.32. The Morgan fingerprint density at radius 1 is 0.781 bits per heavy atom. The molecule has 2 aromatic carbocycles. The summed E-state index contributed by atoms with van der Waals surface area (Å²) in [6, 6.07) is 12.2. The lowest BCUT2D eigenvalue weighted by Crippen LogP contribution is -2.05. The van der Waals surface area contributed by atoms with E-state index in [0.717, 1.165) is 57.4 Å². The summed E-state index contributed by atoms with van der Waals surface area (Å²) < 4.78 is 13.8. The molecule has 32 heavy (non-hydrogen) atoms. The molecule has 6 nitrogen and oxygen atoms in total. The third-order valence-electron chi connectivity index (χ3n) is 4.63. The van der Waals surface area contributed by atoms with Crippen LogP contribution in [0.2, 0.25) is 0 Å². The Morgan fingerprint density at radius 3 is 1.62 bits per heavy atom. The van der Waals surface area contributed by atoms with Crippen molar-refractivity contribution < 1.29 is 18.0 Å². The van der Waals surface area contributed by atoms with Gasteiger partial charge >= 0.3 is 11.9 Å². The number of benzene rings is 2. The highest BCUT2D eigenvalue weighted by atomic mass is 32.2. The largest absolute Gasteiger partial charge is 0.383 e. The number of hydrogen-bond acceptors (Lipinski definition) is 10. The Morgan fingerprint density at radius 2 is 1.22 bits per heavy atom. The summed E-state index contributed by atoms with van der Waals surface area (Å²) in [6.07, 6.45) is 1.80. The van der Waals surface area contributed by atoms with E-state index in [4.69, 9.17) is 8.37 Å². The maximum atomic E-state index is 12.0. The smallest absolute Gasteiger partial charge is 0.318 e. The molecule has 0 amide bonds. The summed E-state index contributed by atoms with van der Waals surface area (Å²) in [5.41, 5.74) is 4.24. The van der Waals surface area contributed by atoms with Crippen molar-refractivity contribution in [1.82, 2.24) is 9.97 Å². The van der Waals surface area contributed by atoms with Gasteiger partial charge in [0.15, 0.2) is 8.68 Å². The van der Waals surface area contributed by atoms with Crippen molar-refractivity contribution in [2.24, 2.45) is 0 Å². The van der Waals surface area contributed by atoms with Crippen molar-refractivity contribution >= 4 is 79.1 Å². The normalized spacial score (nSPS) is 11.2. The van der Waals surface area contributed by atoms with Crippen LogP contribution in [-0.4, -0.2) is 21.9 Å². The number of carbonyl (C=O) groups excluding carboxylic acids is 2. The van der Waals surface area contributed by atoms with E-state index < -0.39 is 11.9 Å². The summed E-state index contributed by atoms with van der Waals surface area (Å²) in [4.78, 5) is 32.9. The minimum absolute atomic E-state index is 0.0586. The Hall–Kier alpha value is -2.14. The van der Waals surface area contributed by atoms with Crippen LogP contribution in [0.25, 0.3) is 20.4 Å². The van der Waals surface area contributed by atoms with Crippen LogP contribution >= 0.6 is 46.8 Å². The first-order valence-electron chi connectivity index (χ1n) is 10.1. The quantitative estimate of drug-likeness (QED) is 0.236. The van der Waals surface area contributed by atoms with Gasteiger partial charge in [-0.2, -0.15) is 0 Å². The predicted molar refractivity (Wildman–Crippen MR) is 131 cm³/mol. The molecule has 0 fully saturated rings. The van der Waals surface area contributed by atoms with E-state index in [1.807, 2.05) is 24.3 Å². The zero-order valence-corrected chi connectivity index (χ0v) is 20.7. The van der Waals surface area contributed by atoms with E-state index >= 15 is 0 Å². The predicted octanol–water partition coefficient (Wildman–Crippen LogP) is 6.61. The number of nitrogens with zero attached hydrogens (tertiary/aromatic N) is 2. The van der Waals surface area contributed by atoms with Crippen LogP contribution in [0.15, 0.2) is 45.1 Å². The molecule has 4 aromatic rings. The fourth-order valence-corrected chi connectivity index (χ4v) is 6.16. The topological polar surface area (TPSA) is 78.4 Å². The van der Waals surface area contributed by atoms with Crippen molar-refractivity contribution in [3.8, 4) is 0 Å². The molecule has 0 atom stereocenters. The monoisotopic (exact) mass is 504 g/mol. The molecule has 0 saturated heterocycles. The third kappa shape index (κ3) is 5.80. The second kappa shape index (κ2) is 10.7. The number of hydrogen-bond donors (Lipinski definition) is 0.